The third kappa shape index (κ3) is 2.48. The number of halogens is 2. The lowest BCUT2D eigenvalue weighted by atomic mass is 10.1. The van der Waals surface area contributed by atoms with Gasteiger partial charge in [0.05, 0.1) is 17.7 Å². The van der Waals surface area contributed by atoms with Crippen LogP contribution in [0.1, 0.15) is 11.8 Å². The number of aliphatic hydroxyl groups excluding tert-OH is 2. The van der Waals surface area contributed by atoms with Crippen LogP contribution in [0.5, 0.6) is 5.75 Å². The van der Waals surface area contributed by atoms with Gasteiger partial charge in [0.1, 0.15) is 6.10 Å². The Kier molecular flexibility index (Phi) is 3.95. The lowest BCUT2D eigenvalue weighted by Crippen LogP contribution is -2.20. The molecule has 0 fully saturated rings. The van der Waals surface area contributed by atoms with E-state index in [1.54, 1.807) is 0 Å². The lowest BCUT2D eigenvalue weighted by Gasteiger charge is -2.14. The molecule has 0 aliphatic heterocycles. The third-order valence-electron chi connectivity index (χ3n) is 1.68. The van der Waals surface area contributed by atoms with Gasteiger partial charge >= 0.3 is 0 Å². The molecular formula is C8H9Cl2NO3. The van der Waals surface area contributed by atoms with E-state index in [-0.39, 0.29) is 22.5 Å². The fraction of sp³-hybridized carbons (Fsp3) is 0.375. The van der Waals surface area contributed by atoms with Crippen LogP contribution in [-0.2, 0) is 0 Å². The molecule has 1 aromatic rings. The van der Waals surface area contributed by atoms with E-state index in [1.165, 1.54) is 12.1 Å². The number of pyridine rings is 1. The third-order valence-corrected chi connectivity index (χ3v) is 2.27. The number of aliphatic hydroxyl groups is 2. The number of aromatic nitrogens is 1. The Hall–Kier alpha value is -0.550. The van der Waals surface area contributed by atoms with Crippen molar-refractivity contribution < 1.29 is 15.3 Å². The Labute approximate surface area is 90.7 Å². The highest BCUT2D eigenvalue weighted by atomic mass is 35.5. The Bertz CT molecular complexity index is 321. The van der Waals surface area contributed by atoms with Crippen molar-refractivity contribution in [2.24, 2.45) is 0 Å². The quantitative estimate of drug-likeness (QED) is 0.544. The van der Waals surface area contributed by atoms with E-state index in [4.69, 9.17) is 28.3 Å². The summed E-state index contributed by atoms with van der Waals surface area (Å²) in [6, 6.07) is 2.65. The van der Waals surface area contributed by atoms with Gasteiger partial charge in [-0.15, -0.1) is 11.6 Å². The van der Waals surface area contributed by atoms with E-state index in [0.29, 0.717) is 0 Å². The summed E-state index contributed by atoms with van der Waals surface area (Å²) in [7, 11) is 0. The molecule has 2 unspecified atom stereocenters. The number of hydrogen-bond acceptors (Lipinski definition) is 4. The van der Waals surface area contributed by atoms with Gasteiger partial charge in [0.15, 0.2) is 10.9 Å². The predicted molar refractivity (Wildman–Crippen MR) is 52.6 cm³/mol. The molecule has 0 aliphatic carbocycles. The minimum atomic E-state index is -1.20. The topological polar surface area (TPSA) is 73.6 Å². The summed E-state index contributed by atoms with van der Waals surface area (Å²) in [4.78, 5) is 3.69. The molecule has 1 heterocycles. The van der Waals surface area contributed by atoms with Crippen LogP contribution in [0.2, 0.25) is 5.15 Å². The van der Waals surface area contributed by atoms with Crippen LogP contribution >= 0.6 is 23.2 Å². The maximum Gasteiger partial charge on any atom is 0.171 e. The molecule has 78 valence electrons. The largest absolute Gasteiger partial charge is 0.505 e. The maximum absolute atomic E-state index is 9.47. The highest BCUT2D eigenvalue weighted by molar-refractivity contribution is 6.30. The summed E-state index contributed by atoms with van der Waals surface area (Å²) < 4.78 is 0. The predicted octanol–water partition coefficient (Wildman–Crippen LogP) is 1.07. The number of rotatable bonds is 3. The molecule has 0 aromatic carbocycles. The molecule has 0 amide bonds. The summed E-state index contributed by atoms with van der Waals surface area (Å²) in [5, 5.41) is 27.6. The van der Waals surface area contributed by atoms with E-state index in [1.807, 2.05) is 0 Å². The maximum atomic E-state index is 9.47. The first-order valence-electron chi connectivity index (χ1n) is 3.83. The van der Waals surface area contributed by atoms with Crippen molar-refractivity contribution in [1.82, 2.24) is 4.98 Å². The van der Waals surface area contributed by atoms with Gasteiger partial charge in [0.25, 0.3) is 0 Å². The second-order valence-electron chi connectivity index (χ2n) is 2.71. The van der Waals surface area contributed by atoms with Crippen LogP contribution in [0.3, 0.4) is 0 Å². The van der Waals surface area contributed by atoms with Gasteiger partial charge < -0.3 is 15.3 Å². The van der Waals surface area contributed by atoms with Gasteiger partial charge in [-0.3, -0.25) is 0 Å². The van der Waals surface area contributed by atoms with Crippen LogP contribution < -0.4 is 0 Å². The van der Waals surface area contributed by atoms with Crippen molar-refractivity contribution in [1.29, 1.82) is 0 Å². The monoisotopic (exact) mass is 237 g/mol. The van der Waals surface area contributed by atoms with Crippen LogP contribution in [0.25, 0.3) is 0 Å². The molecule has 0 saturated heterocycles. The minimum absolute atomic E-state index is 0.110. The fourth-order valence-electron chi connectivity index (χ4n) is 0.887. The van der Waals surface area contributed by atoms with Gasteiger partial charge in [0, 0.05) is 0 Å². The smallest absolute Gasteiger partial charge is 0.171 e. The zero-order valence-electron chi connectivity index (χ0n) is 7.06. The molecule has 1 rings (SSSR count). The average molecular weight is 238 g/mol. The second kappa shape index (κ2) is 4.79. The Morgan fingerprint density at radius 2 is 2.00 bits per heavy atom. The van der Waals surface area contributed by atoms with Crippen LogP contribution in [0.15, 0.2) is 12.1 Å². The molecular weight excluding hydrogens is 229 g/mol. The normalized spacial score (nSPS) is 15.1. The standard InChI is InChI=1S/C8H9Cl2NO3/c9-3-6(13)7(14)4-1-2-5(12)8(10)11-4/h1-2,6-7,12-14H,3H2. The van der Waals surface area contributed by atoms with Gasteiger partial charge in [-0.05, 0) is 12.1 Å². The molecule has 2 atom stereocenters. The molecule has 0 radical (unpaired) electrons. The molecule has 0 bridgehead atoms. The highest BCUT2D eigenvalue weighted by Crippen LogP contribution is 2.24. The Morgan fingerprint density at radius 1 is 1.36 bits per heavy atom. The summed E-state index contributed by atoms with van der Waals surface area (Å²) >= 11 is 10.9. The first-order chi connectivity index (χ1) is 6.56. The first kappa shape index (κ1) is 11.5. The number of alkyl halides is 1. The first-order valence-corrected chi connectivity index (χ1v) is 4.75. The molecule has 3 N–H and O–H groups in total. The van der Waals surface area contributed by atoms with E-state index < -0.39 is 12.2 Å². The highest BCUT2D eigenvalue weighted by Gasteiger charge is 2.19. The molecule has 14 heavy (non-hydrogen) atoms. The number of hydrogen-bond donors (Lipinski definition) is 3. The number of aromatic hydroxyl groups is 1. The van der Waals surface area contributed by atoms with Crippen molar-refractivity contribution in [2.45, 2.75) is 12.2 Å². The van der Waals surface area contributed by atoms with Crippen LogP contribution in [0, 0.1) is 0 Å². The van der Waals surface area contributed by atoms with Gasteiger partial charge in [-0.2, -0.15) is 0 Å². The van der Waals surface area contributed by atoms with Gasteiger partial charge in [0.2, 0.25) is 0 Å². The van der Waals surface area contributed by atoms with Crippen LogP contribution in [0.4, 0.5) is 0 Å². The Balaban J connectivity index is 2.91. The van der Waals surface area contributed by atoms with Gasteiger partial charge in [-0.1, -0.05) is 11.6 Å². The van der Waals surface area contributed by atoms with Crippen LogP contribution in [-0.4, -0.2) is 32.3 Å². The lowest BCUT2D eigenvalue weighted by molar-refractivity contribution is 0.0299. The molecule has 0 spiro atoms. The average Bonchev–Trinajstić information content (AvgIpc) is 2.20. The number of nitrogens with zero attached hydrogens (tertiary/aromatic N) is 1. The Morgan fingerprint density at radius 3 is 2.50 bits per heavy atom. The van der Waals surface area contributed by atoms with Crippen molar-refractivity contribution in [2.75, 3.05) is 5.88 Å². The van der Waals surface area contributed by atoms with Crippen molar-refractivity contribution >= 4 is 23.2 Å². The van der Waals surface area contributed by atoms with E-state index in [0.717, 1.165) is 0 Å². The minimum Gasteiger partial charge on any atom is -0.505 e. The molecule has 6 heteroatoms. The summed E-state index contributed by atoms with van der Waals surface area (Å²) in [5.74, 6) is -0.288. The van der Waals surface area contributed by atoms with Crippen molar-refractivity contribution in [3.05, 3.63) is 23.0 Å². The molecule has 0 aliphatic rings. The van der Waals surface area contributed by atoms with Crippen molar-refractivity contribution in [3.63, 3.8) is 0 Å². The molecule has 4 nitrogen and oxygen atoms in total. The van der Waals surface area contributed by atoms with E-state index >= 15 is 0 Å². The molecule has 0 saturated carbocycles. The van der Waals surface area contributed by atoms with Gasteiger partial charge in [-0.25, -0.2) is 4.98 Å². The second-order valence-corrected chi connectivity index (χ2v) is 3.38. The fourth-order valence-corrected chi connectivity index (χ4v) is 1.22. The summed E-state index contributed by atoms with van der Waals surface area (Å²) in [6.07, 6.45) is -2.31. The summed E-state index contributed by atoms with van der Waals surface area (Å²) in [6.45, 7) is 0. The SMILES string of the molecule is Oc1ccc(C(O)C(O)CCl)nc1Cl. The van der Waals surface area contributed by atoms with E-state index in [9.17, 15) is 10.2 Å². The van der Waals surface area contributed by atoms with E-state index in [2.05, 4.69) is 4.98 Å². The zero-order chi connectivity index (χ0) is 10.7. The molecule has 1 aromatic heterocycles. The van der Waals surface area contributed by atoms with Crippen molar-refractivity contribution in [3.8, 4) is 5.75 Å². The zero-order valence-corrected chi connectivity index (χ0v) is 8.57. The summed E-state index contributed by atoms with van der Waals surface area (Å²) in [5.41, 5.74) is 0.168.